The summed E-state index contributed by atoms with van der Waals surface area (Å²) in [7, 11) is 1.40. The van der Waals surface area contributed by atoms with Gasteiger partial charge in [-0.3, -0.25) is 0 Å². The predicted octanol–water partition coefficient (Wildman–Crippen LogP) is 3.48. The van der Waals surface area contributed by atoms with Crippen LogP contribution in [0.3, 0.4) is 0 Å². The monoisotopic (exact) mass is 255 g/mol. The van der Waals surface area contributed by atoms with Gasteiger partial charge in [0.2, 0.25) is 0 Å². The molecule has 1 N–H and O–H groups in total. The normalized spacial score (nSPS) is 13.9. The van der Waals surface area contributed by atoms with Crippen molar-refractivity contribution in [3.8, 4) is 0 Å². The number of benzene rings is 1. The molecule has 0 amide bonds. The number of halogens is 1. The first-order valence-electron chi connectivity index (χ1n) is 5.64. The highest BCUT2D eigenvalue weighted by Crippen LogP contribution is 2.23. The molecule has 0 spiro atoms. The van der Waals surface area contributed by atoms with Gasteiger partial charge in [-0.05, 0) is 31.5 Å². The van der Waals surface area contributed by atoms with Crippen molar-refractivity contribution < 1.29 is 9.53 Å². The molecule has 17 heavy (non-hydrogen) atoms. The molecular formula is C13H18ClNO2. The molecule has 4 heteroatoms. The van der Waals surface area contributed by atoms with Gasteiger partial charge in [0.25, 0.3) is 0 Å². The fourth-order valence-corrected chi connectivity index (χ4v) is 2.02. The molecule has 0 heterocycles. The van der Waals surface area contributed by atoms with Gasteiger partial charge in [-0.25, -0.2) is 4.79 Å². The summed E-state index contributed by atoms with van der Waals surface area (Å²) in [5, 5.41) is 3.83. The smallest absolute Gasteiger partial charge is 0.331 e. The molecule has 3 nitrogen and oxygen atoms in total. The van der Waals surface area contributed by atoms with Crippen LogP contribution in [-0.4, -0.2) is 18.6 Å². The van der Waals surface area contributed by atoms with Crippen molar-refractivity contribution in [1.29, 1.82) is 0 Å². The standard InChI is InChI=1S/C13H18ClNO2/c1-4-8-13(2,12(16)17-3)15-11-7-5-6-10(14)9-11/h5-7,9,15H,4,8H2,1-3H3. The number of hydrogen-bond acceptors (Lipinski definition) is 3. The third-order valence-electron chi connectivity index (χ3n) is 2.63. The lowest BCUT2D eigenvalue weighted by atomic mass is 9.96. The lowest BCUT2D eigenvalue weighted by Gasteiger charge is -2.28. The Labute approximate surface area is 107 Å². The van der Waals surface area contributed by atoms with E-state index >= 15 is 0 Å². The maximum absolute atomic E-state index is 11.8. The minimum Gasteiger partial charge on any atom is -0.467 e. The Hall–Kier alpha value is -1.22. The van der Waals surface area contributed by atoms with Crippen LogP contribution < -0.4 is 5.32 Å². The van der Waals surface area contributed by atoms with Gasteiger partial charge < -0.3 is 10.1 Å². The van der Waals surface area contributed by atoms with Gasteiger partial charge in [0.1, 0.15) is 5.54 Å². The quantitative estimate of drug-likeness (QED) is 0.819. The maximum Gasteiger partial charge on any atom is 0.331 e. The molecule has 1 rings (SSSR count). The molecule has 1 aromatic carbocycles. The molecule has 0 saturated heterocycles. The molecule has 0 radical (unpaired) electrons. The first kappa shape index (κ1) is 13.8. The SMILES string of the molecule is CCCC(C)(Nc1cccc(Cl)c1)C(=O)OC. The van der Waals surface area contributed by atoms with Gasteiger partial charge in [-0.1, -0.05) is 31.0 Å². The Balaban J connectivity index is 2.90. The van der Waals surface area contributed by atoms with Crippen LogP contribution in [0.2, 0.25) is 5.02 Å². The highest BCUT2D eigenvalue weighted by Gasteiger charge is 2.33. The van der Waals surface area contributed by atoms with Crippen LogP contribution >= 0.6 is 11.6 Å². The molecule has 0 aliphatic carbocycles. The largest absolute Gasteiger partial charge is 0.467 e. The van der Waals surface area contributed by atoms with Crippen molar-refractivity contribution in [1.82, 2.24) is 0 Å². The molecule has 1 atom stereocenters. The number of ether oxygens (including phenoxy) is 1. The molecule has 1 aromatic rings. The van der Waals surface area contributed by atoms with Gasteiger partial charge in [0, 0.05) is 10.7 Å². The summed E-state index contributed by atoms with van der Waals surface area (Å²) in [6, 6.07) is 7.30. The molecular weight excluding hydrogens is 238 g/mol. The molecule has 0 bridgehead atoms. The first-order valence-corrected chi connectivity index (χ1v) is 6.02. The van der Waals surface area contributed by atoms with Crippen LogP contribution in [0.4, 0.5) is 5.69 Å². The lowest BCUT2D eigenvalue weighted by molar-refractivity contribution is -0.145. The summed E-state index contributed by atoms with van der Waals surface area (Å²) in [6.45, 7) is 3.87. The second-order valence-electron chi connectivity index (χ2n) is 4.21. The van der Waals surface area contributed by atoms with E-state index in [1.165, 1.54) is 7.11 Å². The third kappa shape index (κ3) is 3.63. The van der Waals surface area contributed by atoms with Crippen molar-refractivity contribution in [2.45, 2.75) is 32.2 Å². The van der Waals surface area contributed by atoms with Crippen molar-refractivity contribution in [3.63, 3.8) is 0 Å². The van der Waals surface area contributed by atoms with Gasteiger partial charge in [0.05, 0.1) is 7.11 Å². The number of rotatable bonds is 5. The van der Waals surface area contributed by atoms with E-state index in [0.717, 1.165) is 12.1 Å². The Morgan fingerprint density at radius 2 is 2.24 bits per heavy atom. The second-order valence-corrected chi connectivity index (χ2v) is 4.65. The molecule has 0 aromatic heterocycles. The Kier molecular flexibility index (Phi) is 4.82. The second kappa shape index (κ2) is 5.92. The molecule has 0 aliphatic heterocycles. The number of nitrogens with one attached hydrogen (secondary N) is 1. The van der Waals surface area contributed by atoms with Crippen molar-refractivity contribution in [2.75, 3.05) is 12.4 Å². The lowest BCUT2D eigenvalue weighted by Crippen LogP contribution is -2.44. The topological polar surface area (TPSA) is 38.3 Å². The third-order valence-corrected chi connectivity index (χ3v) is 2.87. The van der Waals surface area contributed by atoms with Gasteiger partial charge >= 0.3 is 5.97 Å². The van der Waals surface area contributed by atoms with Crippen LogP contribution in [0, 0.1) is 0 Å². The number of esters is 1. The van der Waals surface area contributed by atoms with E-state index in [1.807, 2.05) is 26.0 Å². The van der Waals surface area contributed by atoms with E-state index in [0.29, 0.717) is 11.4 Å². The Bertz CT molecular complexity index is 395. The summed E-state index contributed by atoms with van der Waals surface area (Å²) < 4.78 is 4.84. The number of carbonyl (C=O) groups excluding carboxylic acids is 1. The summed E-state index contributed by atoms with van der Waals surface area (Å²) in [5.41, 5.74) is 0.104. The summed E-state index contributed by atoms with van der Waals surface area (Å²) in [4.78, 5) is 11.8. The van der Waals surface area contributed by atoms with Crippen LogP contribution in [0.5, 0.6) is 0 Å². The first-order chi connectivity index (χ1) is 8.01. The van der Waals surface area contributed by atoms with E-state index in [2.05, 4.69) is 5.32 Å². The minimum atomic E-state index is -0.714. The van der Waals surface area contributed by atoms with Crippen molar-refractivity contribution in [2.24, 2.45) is 0 Å². The number of methoxy groups -OCH3 is 1. The van der Waals surface area contributed by atoms with Crippen LogP contribution in [0.15, 0.2) is 24.3 Å². The van der Waals surface area contributed by atoms with E-state index in [1.54, 1.807) is 12.1 Å². The summed E-state index contributed by atoms with van der Waals surface area (Å²) >= 11 is 5.91. The maximum atomic E-state index is 11.8. The van der Waals surface area contributed by atoms with E-state index in [9.17, 15) is 4.79 Å². The Morgan fingerprint density at radius 1 is 1.53 bits per heavy atom. The number of hydrogen-bond donors (Lipinski definition) is 1. The zero-order valence-electron chi connectivity index (χ0n) is 10.4. The fraction of sp³-hybridized carbons (Fsp3) is 0.462. The van der Waals surface area contributed by atoms with E-state index in [4.69, 9.17) is 16.3 Å². The summed E-state index contributed by atoms with van der Waals surface area (Å²) in [5.74, 6) is -0.265. The van der Waals surface area contributed by atoms with Crippen LogP contribution in [0.1, 0.15) is 26.7 Å². The zero-order chi connectivity index (χ0) is 12.9. The van der Waals surface area contributed by atoms with E-state index in [-0.39, 0.29) is 5.97 Å². The number of anilines is 1. The Morgan fingerprint density at radius 3 is 2.76 bits per heavy atom. The molecule has 0 aliphatic rings. The minimum absolute atomic E-state index is 0.265. The predicted molar refractivity (Wildman–Crippen MR) is 70.4 cm³/mol. The fourth-order valence-electron chi connectivity index (χ4n) is 1.83. The van der Waals surface area contributed by atoms with E-state index < -0.39 is 5.54 Å². The number of carbonyl (C=O) groups is 1. The van der Waals surface area contributed by atoms with Crippen LogP contribution in [-0.2, 0) is 9.53 Å². The summed E-state index contributed by atoms with van der Waals surface area (Å²) in [6.07, 6.45) is 1.59. The van der Waals surface area contributed by atoms with Crippen molar-refractivity contribution >= 4 is 23.3 Å². The zero-order valence-corrected chi connectivity index (χ0v) is 11.2. The molecule has 1 unspecified atom stereocenters. The average molecular weight is 256 g/mol. The molecule has 0 fully saturated rings. The van der Waals surface area contributed by atoms with Crippen LogP contribution in [0.25, 0.3) is 0 Å². The average Bonchev–Trinajstić information content (AvgIpc) is 2.28. The molecule has 0 saturated carbocycles. The van der Waals surface area contributed by atoms with Crippen molar-refractivity contribution in [3.05, 3.63) is 29.3 Å². The van der Waals surface area contributed by atoms with Gasteiger partial charge in [-0.15, -0.1) is 0 Å². The van der Waals surface area contributed by atoms with Gasteiger partial charge in [-0.2, -0.15) is 0 Å². The molecule has 94 valence electrons. The van der Waals surface area contributed by atoms with Gasteiger partial charge in [0.15, 0.2) is 0 Å². The highest BCUT2D eigenvalue weighted by atomic mass is 35.5. The highest BCUT2D eigenvalue weighted by molar-refractivity contribution is 6.30.